The van der Waals surface area contributed by atoms with Gasteiger partial charge >= 0.3 is 0 Å². The largest absolute Gasteiger partial charge is 0.398 e. The van der Waals surface area contributed by atoms with Gasteiger partial charge in [0.05, 0.1) is 10.6 Å². The third-order valence-corrected chi connectivity index (χ3v) is 5.48. The lowest BCUT2D eigenvalue weighted by Crippen LogP contribution is -2.13. The molecule has 2 rings (SSSR count). The average Bonchev–Trinajstić information content (AvgIpc) is 2.42. The molecule has 3 N–H and O–H groups in total. The van der Waals surface area contributed by atoms with Gasteiger partial charge in [-0.1, -0.05) is 12.1 Å². The van der Waals surface area contributed by atoms with Crippen LogP contribution >= 0.6 is 27.7 Å². The van der Waals surface area contributed by atoms with E-state index in [-0.39, 0.29) is 4.90 Å². The number of nitrogens with one attached hydrogen (secondary N) is 1. The summed E-state index contributed by atoms with van der Waals surface area (Å²) in [4.78, 5) is 1.03. The van der Waals surface area contributed by atoms with Gasteiger partial charge in [-0.15, -0.1) is 11.8 Å². The summed E-state index contributed by atoms with van der Waals surface area (Å²) in [7, 11) is -3.63. The number of benzene rings is 2. The molecule has 7 heteroatoms. The molecule has 0 amide bonds. The van der Waals surface area contributed by atoms with E-state index in [4.69, 9.17) is 5.73 Å². The fraction of sp³-hybridized carbons (Fsp3) is 0.0769. The zero-order chi connectivity index (χ0) is 14.8. The van der Waals surface area contributed by atoms with Crippen LogP contribution in [0.5, 0.6) is 0 Å². The second-order valence-electron chi connectivity index (χ2n) is 3.99. The van der Waals surface area contributed by atoms with Crippen LogP contribution in [0, 0.1) is 0 Å². The van der Waals surface area contributed by atoms with Gasteiger partial charge < -0.3 is 5.73 Å². The van der Waals surface area contributed by atoms with Crippen molar-refractivity contribution in [3.63, 3.8) is 0 Å². The SMILES string of the molecule is CSc1ccccc1NS(=O)(=O)c1ccc(N)c(Br)c1. The minimum absolute atomic E-state index is 0.162. The highest BCUT2D eigenvalue weighted by Gasteiger charge is 2.16. The quantitative estimate of drug-likeness (QED) is 0.635. The van der Waals surface area contributed by atoms with Crippen molar-refractivity contribution in [2.75, 3.05) is 16.7 Å². The molecular weight excluding hydrogens is 360 g/mol. The molecule has 0 atom stereocenters. The molecule has 0 saturated carbocycles. The van der Waals surface area contributed by atoms with Gasteiger partial charge in [-0.2, -0.15) is 0 Å². The fourth-order valence-electron chi connectivity index (χ4n) is 1.61. The van der Waals surface area contributed by atoms with Crippen molar-refractivity contribution in [3.05, 3.63) is 46.9 Å². The number of nitrogens with two attached hydrogens (primary N) is 1. The summed E-state index contributed by atoms with van der Waals surface area (Å²) in [6, 6.07) is 11.8. The van der Waals surface area contributed by atoms with Crippen LogP contribution in [-0.2, 0) is 10.0 Å². The predicted molar refractivity (Wildman–Crippen MR) is 87.6 cm³/mol. The number of hydrogen-bond donors (Lipinski definition) is 2. The fourth-order valence-corrected chi connectivity index (χ4v) is 3.86. The summed E-state index contributed by atoms with van der Waals surface area (Å²) < 4.78 is 27.8. The molecule has 2 aromatic rings. The Balaban J connectivity index is 2.38. The van der Waals surface area contributed by atoms with Gasteiger partial charge in [0.2, 0.25) is 0 Å². The number of sulfonamides is 1. The number of anilines is 2. The molecule has 0 fully saturated rings. The Bertz CT molecular complexity index is 733. The molecule has 0 spiro atoms. The summed E-state index contributed by atoms with van der Waals surface area (Å²) in [5.74, 6) is 0. The normalized spacial score (nSPS) is 11.3. The lowest BCUT2D eigenvalue weighted by atomic mass is 10.3. The summed E-state index contributed by atoms with van der Waals surface area (Å²) in [6.45, 7) is 0. The molecule has 0 bridgehead atoms. The molecule has 0 saturated heterocycles. The van der Waals surface area contributed by atoms with E-state index in [1.807, 2.05) is 18.4 Å². The van der Waals surface area contributed by atoms with Crippen LogP contribution in [0.4, 0.5) is 11.4 Å². The molecule has 2 aromatic carbocycles. The lowest BCUT2D eigenvalue weighted by Gasteiger charge is -2.11. The third kappa shape index (κ3) is 3.28. The molecule has 0 aliphatic carbocycles. The zero-order valence-corrected chi connectivity index (χ0v) is 13.8. The van der Waals surface area contributed by atoms with E-state index in [0.29, 0.717) is 15.8 Å². The lowest BCUT2D eigenvalue weighted by molar-refractivity contribution is 0.601. The Hall–Kier alpha value is -1.18. The number of hydrogen-bond acceptors (Lipinski definition) is 4. The highest BCUT2D eigenvalue weighted by molar-refractivity contribution is 9.10. The Morgan fingerprint density at radius 2 is 1.90 bits per heavy atom. The predicted octanol–water partition coefficient (Wildman–Crippen LogP) is 3.55. The molecule has 0 radical (unpaired) electrons. The maximum absolute atomic E-state index is 12.4. The van der Waals surface area contributed by atoms with E-state index in [2.05, 4.69) is 20.7 Å². The van der Waals surface area contributed by atoms with Crippen LogP contribution < -0.4 is 10.5 Å². The number of para-hydroxylation sites is 1. The Labute approximate surface area is 130 Å². The third-order valence-electron chi connectivity index (χ3n) is 2.63. The van der Waals surface area contributed by atoms with E-state index in [1.165, 1.54) is 23.9 Å². The minimum atomic E-state index is -3.63. The van der Waals surface area contributed by atoms with E-state index in [0.717, 1.165) is 4.90 Å². The smallest absolute Gasteiger partial charge is 0.261 e. The van der Waals surface area contributed by atoms with Gasteiger partial charge in [0.15, 0.2) is 0 Å². The second-order valence-corrected chi connectivity index (χ2v) is 7.37. The van der Waals surface area contributed by atoms with Crippen LogP contribution in [-0.4, -0.2) is 14.7 Å². The first-order chi connectivity index (χ1) is 9.44. The van der Waals surface area contributed by atoms with Crippen molar-refractivity contribution in [2.45, 2.75) is 9.79 Å². The van der Waals surface area contributed by atoms with Gasteiger partial charge in [0.1, 0.15) is 0 Å². The van der Waals surface area contributed by atoms with E-state index < -0.39 is 10.0 Å². The monoisotopic (exact) mass is 372 g/mol. The number of nitrogen functional groups attached to an aromatic ring is 1. The maximum Gasteiger partial charge on any atom is 0.261 e. The van der Waals surface area contributed by atoms with Gasteiger partial charge in [-0.3, -0.25) is 4.72 Å². The van der Waals surface area contributed by atoms with Crippen molar-refractivity contribution >= 4 is 49.1 Å². The van der Waals surface area contributed by atoms with Gasteiger partial charge in [-0.25, -0.2) is 8.42 Å². The van der Waals surface area contributed by atoms with E-state index in [1.54, 1.807) is 18.2 Å². The number of halogens is 1. The number of rotatable bonds is 4. The van der Waals surface area contributed by atoms with E-state index in [9.17, 15) is 8.42 Å². The first kappa shape index (κ1) is 15.2. The highest BCUT2D eigenvalue weighted by Crippen LogP contribution is 2.28. The first-order valence-electron chi connectivity index (χ1n) is 5.65. The van der Waals surface area contributed by atoms with Crippen LogP contribution in [0.25, 0.3) is 0 Å². The molecule has 0 heterocycles. The summed E-state index contributed by atoms with van der Waals surface area (Å²) in [6.07, 6.45) is 1.90. The first-order valence-corrected chi connectivity index (χ1v) is 9.15. The van der Waals surface area contributed by atoms with Crippen LogP contribution in [0.1, 0.15) is 0 Å². The molecule has 0 aliphatic heterocycles. The minimum Gasteiger partial charge on any atom is -0.398 e. The van der Waals surface area contributed by atoms with Crippen LogP contribution in [0.2, 0.25) is 0 Å². The topological polar surface area (TPSA) is 72.2 Å². The summed E-state index contributed by atoms with van der Waals surface area (Å²) in [5, 5.41) is 0. The maximum atomic E-state index is 12.4. The van der Waals surface area contributed by atoms with E-state index >= 15 is 0 Å². The van der Waals surface area contributed by atoms with Gasteiger partial charge in [-0.05, 0) is 52.5 Å². The van der Waals surface area contributed by atoms with Crippen molar-refractivity contribution < 1.29 is 8.42 Å². The molecule has 0 unspecified atom stereocenters. The average molecular weight is 373 g/mol. The van der Waals surface area contributed by atoms with Crippen molar-refractivity contribution in [3.8, 4) is 0 Å². The number of thioether (sulfide) groups is 1. The second kappa shape index (κ2) is 6.07. The van der Waals surface area contributed by atoms with Crippen LogP contribution in [0.3, 0.4) is 0 Å². The summed E-state index contributed by atoms with van der Waals surface area (Å²) >= 11 is 4.71. The van der Waals surface area contributed by atoms with Gasteiger partial charge in [0, 0.05) is 15.1 Å². The van der Waals surface area contributed by atoms with Gasteiger partial charge in [0.25, 0.3) is 10.0 Å². The van der Waals surface area contributed by atoms with Crippen LogP contribution in [0.15, 0.2) is 56.7 Å². The van der Waals surface area contributed by atoms with Crippen molar-refractivity contribution in [1.82, 2.24) is 0 Å². The Kier molecular flexibility index (Phi) is 4.62. The molecule has 106 valence electrons. The molecule has 4 nitrogen and oxygen atoms in total. The molecule has 20 heavy (non-hydrogen) atoms. The Morgan fingerprint density at radius 1 is 1.20 bits per heavy atom. The summed E-state index contributed by atoms with van der Waals surface area (Å²) in [5.41, 5.74) is 6.72. The molecule has 0 aliphatic rings. The Morgan fingerprint density at radius 3 is 2.55 bits per heavy atom. The van der Waals surface area contributed by atoms with Crippen molar-refractivity contribution in [2.24, 2.45) is 0 Å². The molecular formula is C13H13BrN2O2S2. The standard InChI is InChI=1S/C13H13BrN2O2S2/c1-19-13-5-3-2-4-12(13)16-20(17,18)9-6-7-11(15)10(14)8-9/h2-8,16H,15H2,1H3. The molecule has 0 aromatic heterocycles. The zero-order valence-electron chi connectivity index (χ0n) is 10.6. The highest BCUT2D eigenvalue weighted by atomic mass is 79.9. The van der Waals surface area contributed by atoms with Crippen molar-refractivity contribution in [1.29, 1.82) is 0 Å².